The Kier molecular flexibility index (Phi) is 4.50. The van der Waals surface area contributed by atoms with Crippen molar-refractivity contribution >= 4 is 11.7 Å². The van der Waals surface area contributed by atoms with Crippen molar-refractivity contribution in [2.24, 2.45) is 0 Å². The molecule has 2 aromatic carbocycles. The molecule has 22 heavy (non-hydrogen) atoms. The molecule has 2 aromatic rings. The highest BCUT2D eigenvalue weighted by atomic mass is 19.1. The quantitative estimate of drug-likeness (QED) is 0.487. The van der Waals surface area contributed by atoms with E-state index >= 15 is 0 Å². The zero-order chi connectivity index (χ0) is 16.3. The van der Waals surface area contributed by atoms with Crippen molar-refractivity contribution in [3.63, 3.8) is 0 Å². The van der Waals surface area contributed by atoms with Gasteiger partial charge in [-0.15, -0.1) is 0 Å². The molecule has 0 N–H and O–H groups in total. The zero-order valence-corrected chi connectivity index (χ0v) is 12.1. The molecule has 0 amide bonds. The van der Waals surface area contributed by atoms with Gasteiger partial charge in [0, 0.05) is 12.1 Å². The maximum absolute atomic E-state index is 13.5. The van der Waals surface area contributed by atoms with Gasteiger partial charge in [0.05, 0.1) is 10.5 Å². The number of halogens is 1. The molecule has 0 aliphatic rings. The monoisotopic (exact) mass is 303 g/mol. The van der Waals surface area contributed by atoms with Gasteiger partial charge in [-0.3, -0.25) is 10.1 Å². The number of hydrogen-bond acceptors (Lipinski definition) is 4. The van der Waals surface area contributed by atoms with E-state index in [4.69, 9.17) is 4.74 Å². The topological polar surface area (TPSA) is 69.4 Å². The molecule has 0 aliphatic carbocycles. The van der Waals surface area contributed by atoms with Crippen LogP contribution in [0.2, 0.25) is 0 Å². The highest BCUT2D eigenvalue weighted by Crippen LogP contribution is 2.23. The van der Waals surface area contributed by atoms with Crippen molar-refractivity contribution in [1.82, 2.24) is 0 Å². The third-order valence-electron chi connectivity index (χ3n) is 3.24. The Hall–Kier alpha value is -2.76. The van der Waals surface area contributed by atoms with Crippen LogP contribution in [-0.4, -0.2) is 10.9 Å². The van der Waals surface area contributed by atoms with Crippen molar-refractivity contribution in [2.45, 2.75) is 20.0 Å². The standard InChI is InChI=1S/C16H14FNO4/c1-10-6-7-13(9-15(10)17)16(19)22-11(2)12-4-3-5-14(8-12)18(20)21/h3-9,11H,1-2H3/t11-/m1/s1. The number of aryl methyl sites for hydroxylation is 1. The number of nitrogens with zero attached hydrogens (tertiary/aromatic N) is 1. The third kappa shape index (κ3) is 3.46. The number of nitro benzene ring substituents is 1. The number of benzene rings is 2. The fourth-order valence-electron chi connectivity index (χ4n) is 1.91. The summed E-state index contributed by atoms with van der Waals surface area (Å²) < 4.78 is 18.7. The second-order valence-electron chi connectivity index (χ2n) is 4.86. The lowest BCUT2D eigenvalue weighted by molar-refractivity contribution is -0.385. The number of rotatable bonds is 4. The summed E-state index contributed by atoms with van der Waals surface area (Å²) in [5.41, 5.74) is 0.945. The number of non-ortho nitro benzene ring substituents is 1. The zero-order valence-electron chi connectivity index (χ0n) is 12.1. The van der Waals surface area contributed by atoms with Gasteiger partial charge in [0.2, 0.25) is 0 Å². The summed E-state index contributed by atoms with van der Waals surface area (Å²) >= 11 is 0. The Balaban J connectivity index is 2.15. The first-order chi connectivity index (χ1) is 10.4. The molecule has 1 atom stereocenters. The van der Waals surface area contributed by atoms with Crippen LogP contribution >= 0.6 is 0 Å². The van der Waals surface area contributed by atoms with E-state index in [2.05, 4.69) is 0 Å². The lowest BCUT2D eigenvalue weighted by Crippen LogP contribution is -2.10. The van der Waals surface area contributed by atoms with Crippen LogP contribution in [0, 0.1) is 22.9 Å². The predicted molar refractivity (Wildman–Crippen MR) is 78.1 cm³/mol. The van der Waals surface area contributed by atoms with E-state index in [0.717, 1.165) is 6.07 Å². The summed E-state index contributed by atoms with van der Waals surface area (Å²) in [5.74, 6) is -1.17. The van der Waals surface area contributed by atoms with Crippen LogP contribution < -0.4 is 0 Å². The maximum Gasteiger partial charge on any atom is 0.338 e. The molecule has 0 aromatic heterocycles. The number of hydrogen-bond donors (Lipinski definition) is 0. The van der Waals surface area contributed by atoms with Gasteiger partial charge in [-0.05, 0) is 37.1 Å². The van der Waals surface area contributed by atoms with E-state index in [1.807, 2.05) is 0 Å². The number of ether oxygens (including phenoxy) is 1. The summed E-state index contributed by atoms with van der Waals surface area (Å²) in [6.07, 6.45) is -0.684. The molecular weight excluding hydrogens is 289 g/mol. The molecular formula is C16H14FNO4. The van der Waals surface area contributed by atoms with E-state index < -0.39 is 22.8 Å². The second-order valence-corrected chi connectivity index (χ2v) is 4.86. The Morgan fingerprint density at radius 2 is 2.00 bits per heavy atom. The van der Waals surface area contributed by atoms with E-state index in [1.54, 1.807) is 19.9 Å². The number of carbonyl (C=O) groups is 1. The minimum Gasteiger partial charge on any atom is -0.454 e. The van der Waals surface area contributed by atoms with Gasteiger partial charge in [-0.2, -0.15) is 0 Å². The Labute approximate surface area is 126 Å². The van der Waals surface area contributed by atoms with Crippen molar-refractivity contribution in [2.75, 3.05) is 0 Å². The summed E-state index contributed by atoms with van der Waals surface area (Å²) in [7, 11) is 0. The average molecular weight is 303 g/mol. The van der Waals surface area contributed by atoms with Gasteiger partial charge in [0.1, 0.15) is 11.9 Å². The van der Waals surface area contributed by atoms with Crippen molar-refractivity contribution in [3.05, 3.63) is 75.1 Å². The maximum atomic E-state index is 13.5. The van der Waals surface area contributed by atoms with Crippen LogP contribution in [0.25, 0.3) is 0 Å². The summed E-state index contributed by atoms with van der Waals surface area (Å²) in [6, 6.07) is 9.91. The molecule has 0 aliphatic heterocycles. The van der Waals surface area contributed by atoms with Gasteiger partial charge >= 0.3 is 5.97 Å². The average Bonchev–Trinajstić information content (AvgIpc) is 2.50. The molecule has 0 saturated heterocycles. The Morgan fingerprint density at radius 1 is 1.27 bits per heavy atom. The first kappa shape index (κ1) is 15.6. The van der Waals surface area contributed by atoms with Crippen LogP contribution in [0.5, 0.6) is 0 Å². The summed E-state index contributed by atoms with van der Waals surface area (Å²) in [6.45, 7) is 3.19. The summed E-state index contributed by atoms with van der Waals surface area (Å²) in [5, 5.41) is 10.7. The van der Waals surface area contributed by atoms with E-state index in [-0.39, 0.29) is 11.3 Å². The third-order valence-corrected chi connectivity index (χ3v) is 3.24. The van der Waals surface area contributed by atoms with Crippen LogP contribution in [0.1, 0.15) is 34.5 Å². The first-order valence-electron chi connectivity index (χ1n) is 6.60. The van der Waals surface area contributed by atoms with Crippen LogP contribution in [0.4, 0.5) is 10.1 Å². The number of carbonyl (C=O) groups excluding carboxylic acids is 1. The highest BCUT2D eigenvalue weighted by Gasteiger charge is 2.17. The van der Waals surface area contributed by atoms with E-state index in [1.165, 1.54) is 30.3 Å². The Morgan fingerprint density at radius 3 is 2.64 bits per heavy atom. The molecule has 6 heteroatoms. The summed E-state index contributed by atoms with van der Waals surface area (Å²) in [4.78, 5) is 22.2. The van der Waals surface area contributed by atoms with Crippen LogP contribution in [0.3, 0.4) is 0 Å². The van der Waals surface area contributed by atoms with Gasteiger partial charge < -0.3 is 4.74 Å². The second kappa shape index (κ2) is 6.34. The highest BCUT2D eigenvalue weighted by molar-refractivity contribution is 5.89. The van der Waals surface area contributed by atoms with E-state index in [0.29, 0.717) is 11.1 Å². The van der Waals surface area contributed by atoms with Gasteiger partial charge in [-0.25, -0.2) is 9.18 Å². The fourth-order valence-corrected chi connectivity index (χ4v) is 1.91. The van der Waals surface area contributed by atoms with Gasteiger partial charge in [0.15, 0.2) is 0 Å². The molecule has 0 radical (unpaired) electrons. The fraction of sp³-hybridized carbons (Fsp3) is 0.188. The normalized spacial score (nSPS) is 11.8. The molecule has 0 saturated carbocycles. The first-order valence-corrected chi connectivity index (χ1v) is 6.60. The molecule has 0 bridgehead atoms. The lowest BCUT2D eigenvalue weighted by Gasteiger charge is -2.13. The molecule has 0 spiro atoms. The molecule has 0 unspecified atom stereocenters. The lowest BCUT2D eigenvalue weighted by atomic mass is 10.1. The predicted octanol–water partition coefficient (Wildman–Crippen LogP) is 3.96. The Bertz CT molecular complexity index is 730. The van der Waals surface area contributed by atoms with Crippen LogP contribution in [0.15, 0.2) is 42.5 Å². The smallest absolute Gasteiger partial charge is 0.338 e. The molecule has 0 heterocycles. The van der Waals surface area contributed by atoms with Crippen LogP contribution in [-0.2, 0) is 4.74 Å². The number of nitro groups is 1. The minimum atomic E-state index is -0.684. The minimum absolute atomic E-state index is 0.0817. The van der Waals surface area contributed by atoms with Crippen molar-refractivity contribution in [3.8, 4) is 0 Å². The molecule has 114 valence electrons. The van der Waals surface area contributed by atoms with Gasteiger partial charge in [0.25, 0.3) is 5.69 Å². The molecule has 2 rings (SSSR count). The van der Waals surface area contributed by atoms with Crippen molar-refractivity contribution < 1.29 is 18.8 Å². The van der Waals surface area contributed by atoms with E-state index in [9.17, 15) is 19.3 Å². The number of esters is 1. The largest absolute Gasteiger partial charge is 0.454 e. The molecule has 5 nitrogen and oxygen atoms in total. The van der Waals surface area contributed by atoms with Gasteiger partial charge in [-0.1, -0.05) is 18.2 Å². The molecule has 0 fully saturated rings. The van der Waals surface area contributed by atoms with Crippen molar-refractivity contribution in [1.29, 1.82) is 0 Å². The SMILES string of the molecule is Cc1ccc(C(=O)O[C@H](C)c2cccc([N+](=O)[O-])c2)cc1F.